The Balaban J connectivity index is 2.41. The van der Waals surface area contributed by atoms with Gasteiger partial charge in [0.05, 0.1) is 4.92 Å². The lowest BCUT2D eigenvalue weighted by molar-refractivity contribution is -0.384. The Morgan fingerprint density at radius 3 is 2.84 bits per heavy atom. The van der Waals surface area contributed by atoms with Crippen molar-refractivity contribution in [1.29, 1.82) is 0 Å². The summed E-state index contributed by atoms with van der Waals surface area (Å²) < 4.78 is 0. The Hall–Kier alpha value is -1.91. The van der Waals surface area contributed by atoms with Gasteiger partial charge in [-0.2, -0.15) is 0 Å². The molecule has 1 aromatic carbocycles. The normalized spacial score (nSPS) is 19.8. The highest BCUT2D eigenvalue weighted by Gasteiger charge is 2.24. The van der Waals surface area contributed by atoms with E-state index in [1.54, 1.807) is 12.1 Å². The number of benzene rings is 1. The lowest BCUT2D eigenvalue weighted by Gasteiger charge is -2.29. The maximum Gasteiger partial charge on any atom is 0.293 e. The van der Waals surface area contributed by atoms with Gasteiger partial charge < -0.3 is 4.90 Å². The predicted molar refractivity (Wildman–Crippen MR) is 73.8 cm³/mol. The standard InChI is InChI=1S/C14H18N2O3/c1-11-5-3-2-4-8-15(11)13-7-6-12(10-17)9-14(13)16(18)19/h6-7,9-11H,2-5,8H2,1H3. The second-order valence-electron chi connectivity index (χ2n) is 5.01. The predicted octanol–water partition coefficient (Wildman–Crippen LogP) is 3.18. The summed E-state index contributed by atoms with van der Waals surface area (Å²) in [5.74, 6) is 0. The SMILES string of the molecule is CC1CCCCCN1c1ccc(C=O)cc1[N+](=O)[O-]. The van der Waals surface area contributed by atoms with Crippen LogP contribution in [0.2, 0.25) is 0 Å². The van der Waals surface area contributed by atoms with Crippen LogP contribution in [-0.4, -0.2) is 23.8 Å². The fourth-order valence-electron chi connectivity index (χ4n) is 2.64. The molecule has 1 fully saturated rings. The van der Waals surface area contributed by atoms with E-state index in [9.17, 15) is 14.9 Å². The van der Waals surface area contributed by atoms with Gasteiger partial charge >= 0.3 is 0 Å². The summed E-state index contributed by atoms with van der Waals surface area (Å²) in [6.07, 6.45) is 5.07. The van der Waals surface area contributed by atoms with Crippen molar-refractivity contribution in [3.05, 3.63) is 33.9 Å². The summed E-state index contributed by atoms with van der Waals surface area (Å²) in [7, 11) is 0. The number of aldehydes is 1. The number of rotatable bonds is 3. The molecule has 5 nitrogen and oxygen atoms in total. The monoisotopic (exact) mass is 262 g/mol. The van der Waals surface area contributed by atoms with Gasteiger partial charge in [-0.1, -0.05) is 12.8 Å². The van der Waals surface area contributed by atoms with Gasteiger partial charge in [-0.25, -0.2) is 0 Å². The Bertz CT molecular complexity index is 488. The van der Waals surface area contributed by atoms with Crippen molar-refractivity contribution >= 4 is 17.7 Å². The summed E-state index contributed by atoms with van der Waals surface area (Å²) in [6, 6.07) is 5.00. The third-order valence-electron chi connectivity index (χ3n) is 3.69. The van der Waals surface area contributed by atoms with Crippen LogP contribution in [0.4, 0.5) is 11.4 Å². The number of nitrogens with zero attached hydrogens (tertiary/aromatic N) is 2. The van der Waals surface area contributed by atoms with E-state index in [2.05, 4.69) is 11.8 Å². The fraction of sp³-hybridized carbons (Fsp3) is 0.500. The minimum Gasteiger partial charge on any atom is -0.363 e. The van der Waals surface area contributed by atoms with Gasteiger partial charge in [-0.05, 0) is 31.9 Å². The molecular formula is C14H18N2O3. The van der Waals surface area contributed by atoms with Gasteiger partial charge in [0.2, 0.25) is 0 Å². The van der Waals surface area contributed by atoms with E-state index in [1.165, 1.54) is 12.5 Å². The molecule has 1 heterocycles. The smallest absolute Gasteiger partial charge is 0.293 e. The minimum absolute atomic E-state index is 0.0263. The Kier molecular flexibility index (Phi) is 4.14. The van der Waals surface area contributed by atoms with Crippen LogP contribution >= 0.6 is 0 Å². The Labute approximate surface area is 112 Å². The number of carbonyl (C=O) groups excluding carboxylic acids is 1. The van der Waals surface area contributed by atoms with Gasteiger partial charge in [0.1, 0.15) is 12.0 Å². The zero-order valence-corrected chi connectivity index (χ0v) is 11.0. The van der Waals surface area contributed by atoms with Crippen LogP contribution in [0.3, 0.4) is 0 Å². The molecule has 0 bridgehead atoms. The Morgan fingerprint density at radius 2 is 2.16 bits per heavy atom. The van der Waals surface area contributed by atoms with Crippen molar-refractivity contribution in [2.24, 2.45) is 0 Å². The highest BCUT2D eigenvalue weighted by molar-refractivity contribution is 5.79. The van der Waals surface area contributed by atoms with Crippen molar-refractivity contribution in [2.75, 3.05) is 11.4 Å². The van der Waals surface area contributed by atoms with Crippen molar-refractivity contribution in [3.8, 4) is 0 Å². The number of hydrogen-bond acceptors (Lipinski definition) is 4. The first-order chi connectivity index (χ1) is 9.13. The number of nitro benzene ring substituents is 1. The topological polar surface area (TPSA) is 63.5 Å². The van der Waals surface area contributed by atoms with Crippen LogP contribution < -0.4 is 4.90 Å². The molecule has 1 saturated heterocycles. The molecule has 102 valence electrons. The zero-order chi connectivity index (χ0) is 13.8. The van der Waals surface area contributed by atoms with E-state index >= 15 is 0 Å². The summed E-state index contributed by atoms with van der Waals surface area (Å²) in [6.45, 7) is 2.94. The molecular weight excluding hydrogens is 244 g/mol. The quantitative estimate of drug-likeness (QED) is 0.477. The van der Waals surface area contributed by atoms with Crippen molar-refractivity contribution in [3.63, 3.8) is 0 Å². The third kappa shape index (κ3) is 2.92. The largest absolute Gasteiger partial charge is 0.363 e. The molecule has 0 aliphatic carbocycles. The summed E-state index contributed by atoms with van der Waals surface area (Å²) in [5, 5.41) is 11.2. The van der Waals surface area contributed by atoms with Gasteiger partial charge in [0.15, 0.2) is 0 Å². The highest BCUT2D eigenvalue weighted by Crippen LogP contribution is 2.32. The molecule has 0 aromatic heterocycles. The number of nitro groups is 1. The van der Waals surface area contributed by atoms with Crippen LogP contribution in [0.25, 0.3) is 0 Å². The summed E-state index contributed by atoms with van der Waals surface area (Å²) in [4.78, 5) is 23.6. The van der Waals surface area contributed by atoms with Crippen molar-refractivity contribution < 1.29 is 9.72 Å². The molecule has 1 aliphatic heterocycles. The number of anilines is 1. The maximum absolute atomic E-state index is 11.2. The first kappa shape index (κ1) is 13.5. The maximum atomic E-state index is 11.2. The van der Waals surface area contributed by atoms with Crippen LogP contribution in [0.5, 0.6) is 0 Å². The molecule has 1 aliphatic rings. The molecule has 0 radical (unpaired) electrons. The first-order valence-electron chi connectivity index (χ1n) is 6.63. The molecule has 1 unspecified atom stereocenters. The molecule has 1 aromatic rings. The molecule has 0 N–H and O–H groups in total. The average Bonchev–Trinajstić information content (AvgIpc) is 2.62. The Morgan fingerprint density at radius 1 is 1.37 bits per heavy atom. The molecule has 1 atom stereocenters. The van der Waals surface area contributed by atoms with Gasteiger partial charge in [0, 0.05) is 24.2 Å². The lowest BCUT2D eigenvalue weighted by Crippen LogP contribution is -2.32. The summed E-state index contributed by atoms with van der Waals surface area (Å²) >= 11 is 0. The average molecular weight is 262 g/mol. The highest BCUT2D eigenvalue weighted by atomic mass is 16.6. The minimum atomic E-state index is -0.403. The second kappa shape index (κ2) is 5.82. The molecule has 2 rings (SSSR count). The van der Waals surface area contributed by atoms with E-state index in [0.717, 1.165) is 25.8 Å². The number of hydrogen-bond donors (Lipinski definition) is 0. The van der Waals surface area contributed by atoms with Crippen LogP contribution in [0, 0.1) is 10.1 Å². The van der Waals surface area contributed by atoms with E-state index < -0.39 is 4.92 Å². The van der Waals surface area contributed by atoms with Crippen molar-refractivity contribution in [2.45, 2.75) is 38.6 Å². The van der Waals surface area contributed by atoms with Gasteiger partial charge in [0.25, 0.3) is 5.69 Å². The lowest BCUT2D eigenvalue weighted by atomic mass is 10.1. The fourth-order valence-corrected chi connectivity index (χ4v) is 2.64. The first-order valence-corrected chi connectivity index (χ1v) is 6.63. The van der Waals surface area contributed by atoms with E-state index in [1.807, 2.05) is 0 Å². The van der Waals surface area contributed by atoms with Gasteiger partial charge in [-0.15, -0.1) is 0 Å². The molecule has 0 amide bonds. The third-order valence-corrected chi connectivity index (χ3v) is 3.69. The van der Waals surface area contributed by atoms with Crippen molar-refractivity contribution in [1.82, 2.24) is 0 Å². The van der Waals surface area contributed by atoms with E-state index in [-0.39, 0.29) is 5.69 Å². The van der Waals surface area contributed by atoms with Crippen LogP contribution in [-0.2, 0) is 0 Å². The molecule has 19 heavy (non-hydrogen) atoms. The van der Waals surface area contributed by atoms with E-state index in [0.29, 0.717) is 23.6 Å². The second-order valence-corrected chi connectivity index (χ2v) is 5.01. The molecule has 0 spiro atoms. The zero-order valence-electron chi connectivity index (χ0n) is 11.0. The van der Waals surface area contributed by atoms with Crippen LogP contribution in [0.1, 0.15) is 43.0 Å². The molecule has 0 saturated carbocycles. The summed E-state index contributed by atoms with van der Waals surface area (Å²) in [5.41, 5.74) is 1.00. The number of carbonyl (C=O) groups is 1. The van der Waals surface area contributed by atoms with E-state index in [4.69, 9.17) is 0 Å². The van der Waals surface area contributed by atoms with Gasteiger partial charge in [-0.3, -0.25) is 14.9 Å². The molecule has 5 heteroatoms. The van der Waals surface area contributed by atoms with Crippen LogP contribution in [0.15, 0.2) is 18.2 Å².